The molecule has 10 heteroatoms. The number of benzene rings is 1. The van der Waals surface area contributed by atoms with Gasteiger partial charge in [0.15, 0.2) is 5.76 Å². The first-order chi connectivity index (χ1) is 14.0. The van der Waals surface area contributed by atoms with E-state index in [2.05, 4.69) is 5.32 Å². The molecule has 0 bridgehead atoms. The van der Waals surface area contributed by atoms with E-state index in [0.29, 0.717) is 56.3 Å². The number of amides is 2. The van der Waals surface area contributed by atoms with E-state index in [9.17, 15) is 19.7 Å². The van der Waals surface area contributed by atoms with Crippen LogP contribution in [0, 0.1) is 10.1 Å². The highest BCUT2D eigenvalue weighted by molar-refractivity contribution is 6.30. The third-order valence-electron chi connectivity index (χ3n) is 4.71. The molecular formula is C19H21ClN4O5. The predicted octanol–water partition coefficient (Wildman–Crippen LogP) is 2.70. The van der Waals surface area contributed by atoms with Crippen LogP contribution in [0.4, 0.5) is 11.4 Å². The Labute approximate surface area is 172 Å². The van der Waals surface area contributed by atoms with Gasteiger partial charge in [-0.2, -0.15) is 0 Å². The number of nitrogens with zero attached hydrogens (tertiary/aromatic N) is 3. The maximum atomic E-state index is 12.4. The van der Waals surface area contributed by atoms with E-state index in [4.69, 9.17) is 16.0 Å². The summed E-state index contributed by atoms with van der Waals surface area (Å²) in [4.78, 5) is 38.6. The number of hydrogen-bond acceptors (Lipinski definition) is 6. The number of anilines is 1. The Morgan fingerprint density at radius 1 is 1.21 bits per heavy atom. The van der Waals surface area contributed by atoms with Crippen LogP contribution < -0.4 is 10.2 Å². The zero-order valence-corrected chi connectivity index (χ0v) is 16.4. The van der Waals surface area contributed by atoms with Gasteiger partial charge in [0.05, 0.1) is 11.2 Å². The Morgan fingerprint density at radius 3 is 2.62 bits per heavy atom. The zero-order valence-electron chi connectivity index (χ0n) is 15.7. The van der Waals surface area contributed by atoms with Crippen LogP contribution in [-0.4, -0.2) is 54.4 Å². The second-order valence-electron chi connectivity index (χ2n) is 6.59. The first kappa shape index (κ1) is 20.7. The number of carbonyl (C=O) groups excluding carboxylic acids is 2. The van der Waals surface area contributed by atoms with E-state index in [0.717, 1.165) is 0 Å². The molecule has 2 heterocycles. The Morgan fingerprint density at radius 2 is 1.97 bits per heavy atom. The highest BCUT2D eigenvalue weighted by Gasteiger charge is 2.25. The highest BCUT2D eigenvalue weighted by Crippen LogP contribution is 2.31. The van der Waals surface area contributed by atoms with Gasteiger partial charge in [0, 0.05) is 50.2 Å². The van der Waals surface area contributed by atoms with E-state index in [1.165, 1.54) is 12.3 Å². The van der Waals surface area contributed by atoms with Crippen molar-refractivity contribution >= 4 is 34.8 Å². The van der Waals surface area contributed by atoms with Crippen LogP contribution in [0.3, 0.4) is 0 Å². The molecule has 154 valence electrons. The molecule has 1 fully saturated rings. The molecule has 1 N–H and O–H groups in total. The lowest BCUT2D eigenvalue weighted by Gasteiger charge is -2.36. The lowest BCUT2D eigenvalue weighted by atomic mass is 10.2. The monoisotopic (exact) mass is 420 g/mol. The first-order valence-corrected chi connectivity index (χ1v) is 9.62. The molecule has 1 aromatic heterocycles. The van der Waals surface area contributed by atoms with Crippen molar-refractivity contribution in [3.05, 3.63) is 57.5 Å². The topological polar surface area (TPSA) is 109 Å². The molecule has 0 spiro atoms. The molecule has 0 atom stereocenters. The minimum atomic E-state index is -0.449. The zero-order chi connectivity index (χ0) is 20.8. The Balaban J connectivity index is 1.44. The molecule has 9 nitrogen and oxygen atoms in total. The number of rotatable bonds is 7. The van der Waals surface area contributed by atoms with Gasteiger partial charge in [-0.15, -0.1) is 0 Å². The third kappa shape index (κ3) is 5.26. The second-order valence-corrected chi connectivity index (χ2v) is 7.03. The minimum Gasteiger partial charge on any atom is -0.459 e. The third-order valence-corrected chi connectivity index (χ3v) is 4.94. The van der Waals surface area contributed by atoms with Crippen molar-refractivity contribution in [2.24, 2.45) is 0 Å². The summed E-state index contributed by atoms with van der Waals surface area (Å²) in [5.74, 6) is -0.0631. The van der Waals surface area contributed by atoms with Crippen molar-refractivity contribution < 1.29 is 18.9 Å². The minimum absolute atomic E-state index is 0.00232. The van der Waals surface area contributed by atoms with Gasteiger partial charge in [-0.05, 0) is 30.7 Å². The van der Waals surface area contributed by atoms with Crippen LogP contribution in [0.25, 0.3) is 0 Å². The van der Waals surface area contributed by atoms with Crippen LogP contribution in [0.2, 0.25) is 5.02 Å². The van der Waals surface area contributed by atoms with E-state index < -0.39 is 4.92 Å². The van der Waals surface area contributed by atoms with Gasteiger partial charge < -0.3 is 19.5 Å². The normalized spacial score (nSPS) is 14.0. The van der Waals surface area contributed by atoms with Gasteiger partial charge in [-0.3, -0.25) is 19.7 Å². The summed E-state index contributed by atoms with van der Waals surface area (Å²) in [6.45, 7) is 2.35. The fourth-order valence-electron chi connectivity index (χ4n) is 3.20. The molecule has 0 radical (unpaired) electrons. The van der Waals surface area contributed by atoms with E-state index in [1.54, 1.807) is 29.2 Å². The molecule has 1 saturated heterocycles. The van der Waals surface area contributed by atoms with Crippen molar-refractivity contribution in [3.63, 3.8) is 0 Å². The summed E-state index contributed by atoms with van der Waals surface area (Å²) in [6, 6.07) is 7.81. The molecule has 1 aliphatic rings. The fraction of sp³-hybridized carbons (Fsp3) is 0.368. The lowest BCUT2D eigenvalue weighted by Crippen LogP contribution is -2.49. The standard InChI is InChI=1S/C19H21ClN4O5/c20-14-5-6-15(16(13-14)24(27)28)22-8-10-23(11-9-22)18(25)4-1-7-21-19(26)17-3-2-12-29-17/h2-3,5-6,12-13H,1,4,7-11H2,(H,21,26). The summed E-state index contributed by atoms with van der Waals surface area (Å²) in [6.07, 6.45) is 2.27. The average molecular weight is 421 g/mol. The van der Waals surface area contributed by atoms with Crippen molar-refractivity contribution in [2.45, 2.75) is 12.8 Å². The van der Waals surface area contributed by atoms with Gasteiger partial charge in [-0.1, -0.05) is 11.6 Å². The van der Waals surface area contributed by atoms with E-state index in [-0.39, 0.29) is 23.3 Å². The van der Waals surface area contributed by atoms with Gasteiger partial charge in [-0.25, -0.2) is 0 Å². The fourth-order valence-corrected chi connectivity index (χ4v) is 3.37. The van der Waals surface area contributed by atoms with Crippen molar-refractivity contribution in [1.29, 1.82) is 0 Å². The van der Waals surface area contributed by atoms with E-state index in [1.807, 2.05) is 4.90 Å². The number of furan rings is 1. The van der Waals surface area contributed by atoms with Crippen LogP contribution in [0.15, 0.2) is 41.0 Å². The highest BCUT2D eigenvalue weighted by atomic mass is 35.5. The number of piperazine rings is 1. The summed E-state index contributed by atoms with van der Waals surface area (Å²) in [7, 11) is 0. The van der Waals surface area contributed by atoms with Crippen LogP contribution in [0.1, 0.15) is 23.4 Å². The number of nitrogens with one attached hydrogen (secondary N) is 1. The largest absolute Gasteiger partial charge is 0.459 e. The summed E-state index contributed by atoms with van der Waals surface area (Å²) in [5, 5.41) is 14.3. The summed E-state index contributed by atoms with van der Waals surface area (Å²) < 4.78 is 5.00. The lowest BCUT2D eigenvalue weighted by molar-refractivity contribution is -0.384. The van der Waals surface area contributed by atoms with Crippen LogP contribution in [-0.2, 0) is 4.79 Å². The summed E-state index contributed by atoms with van der Waals surface area (Å²) >= 11 is 5.87. The molecule has 1 aliphatic heterocycles. The molecule has 2 amide bonds. The maximum absolute atomic E-state index is 12.4. The number of halogens is 1. The molecule has 3 rings (SSSR count). The van der Waals surface area contributed by atoms with Gasteiger partial charge in [0.1, 0.15) is 5.69 Å². The van der Waals surface area contributed by atoms with Gasteiger partial charge >= 0.3 is 0 Å². The molecule has 29 heavy (non-hydrogen) atoms. The van der Waals surface area contributed by atoms with Crippen molar-refractivity contribution in [2.75, 3.05) is 37.6 Å². The van der Waals surface area contributed by atoms with Crippen LogP contribution >= 0.6 is 11.6 Å². The van der Waals surface area contributed by atoms with Gasteiger partial charge in [0.25, 0.3) is 11.6 Å². The Hall–Kier alpha value is -3.07. The summed E-state index contributed by atoms with van der Waals surface area (Å²) in [5.41, 5.74) is 0.469. The second kappa shape index (κ2) is 9.42. The van der Waals surface area contributed by atoms with E-state index >= 15 is 0 Å². The smallest absolute Gasteiger partial charge is 0.294 e. The first-order valence-electron chi connectivity index (χ1n) is 9.24. The number of nitro benzene ring substituents is 1. The Bertz CT molecular complexity index is 879. The molecule has 0 aliphatic carbocycles. The van der Waals surface area contributed by atoms with Crippen LogP contribution in [0.5, 0.6) is 0 Å². The quantitative estimate of drug-likeness (QED) is 0.419. The molecule has 2 aromatic rings. The van der Waals surface area contributed by atoms with Gasteiger partial charge in [0.2, 0.25) is 5.91 Å². The van der Waals surface area contributed by atoms with Crippen molar-refractivity contribution in [1.82, 2.24) is 10.2 Å². The maximum Gasteiger partial charge on any atom is 0.294 e. The number of hydrogen-bond donors (Lipinski definition) is 1. The Kier molecular flexibility index (Phi) is 6.71. The SMILES string of the molecule is O=C(NCCCC(=O)N1CCN(c2ccc(Cl)cc2[N+](=O)[O-])CC1)c1ccco1. The molecule has 0 unspecified atom stereocenters. The molecule has 0 saturated carbocycles. The molecular weight excluding hydrogens is 400 g/mol. The molecule has 1 aromatic carbocycles. The average Bonchev–Trinajstić information content (AvgIpc) is 3.26. The number of nitro groups is 1. The predicted molar refractivity (Wildman–Crippen MR) is 107 cm³/mol. The number of carbonyl (C=O) groups is 2. The van der Waals surface area contributed by atoms with Crippen molar-refractivity contribution in [3.8, 4) is 0 Å².